The molecule has 2 heteroatoms. The van der Waals surface area contributed by atoms with E-state index in [0.29, 0.717) is 0 Å². The molecular formula is C18H31NO. The highest BCUT2D eigenvalue weighted by molar-refractivity contribution is 5.60. The van der Waals surface area contributed by atoms with Crippen molar-refractivity contribution in [3.05, 3.63) is 0 Å². The number of piperidine rings is 1. The van der Waals surface area contributed by atoms with E-state index >= 15 is 0 Å². The van der Waals surface area contributed by atoms with E-state index in [1.807, 2.05) is 0 Å². The molecule has 0 aromatic heterocycles. The van der Waals surface area contributed by atoms with E-state index in [4.69, 9.17) is 0 Å². The summed E-state index contributed by atoms with van der Waals surface area (Å²) < 4.78 is 0. The van der Waals surface area contributed by atoms with Gasteiger partial charge in [0.05, 0.1) is 0 Å². The molecule has 0 N–H and O–H groups in total. The van der Waals surface area contributed by atoms with Crippen molar-refractivity contribution < 1.29 is 4.79 Å². The molecule has 1 heterocycles. The number of hydrogen-bond donors (Lipinski definition) is 0. The van der Waals surface area contributed by atoms with Gasteiger partial charge in [-0.25, -0.2) is 0 Å². The van der Waals surface area contributed by atoms with Gasteiger partial charge >= 0.3 is 0 Å². The van der Waals surface area contributed by atoms with Crippen molar-refractivity contribution in [1.29, 1.82) is 0 Å². The van der Waals surface area contributed by atoms with Crippen LogP contribution in [0.2, 0.25) is 0 Å². The van der Waals surface area contributed by atoms with Crippen LogP contribution in [0.15, 0.2) is 0 Å². The number of nitrogens with zero attached hydrogens (tertiary/aromatic N) is 1. The first-order valence-corrected chi connectivity index (χ1v) is 8.89. The minimum absolute atomic E-state index is 0.00594. The van der Waals surface area contributed by atoms with Crippen molar-refractivity contribution in [2.24, 2.45) is 23.2 Å². The van der Waals surface area contributed by atoms with E-state index in [0.717, 1.165) is 37.1 Å². The molecule has 2 saturated carbocycles. The highest BCUT2D eigenvalue weighted by atomic mass is 16.1. The standard InChI is InChI=1S/C18H31NO/c1-15-6-9-18(14-20,10-7-15)13-19-11-8-16-4-2-3-5-17(16)12-19/h14-17H,2-13H2,1H3. The molecule has 0 amide bonds. The highest BCUT2D eigenvalue weighted by Crippen LogP contribution is 2.41. The van der Waals surface area contributed by atoms with Crippen LogP contribution in [0.3, 0.4) is 0 Å². The van der Waals surface area contributed by atoms with Crippen LogP contribution in [0.1, 0.15) is 64.7 Å². The van der Waals surface area contributed by atoms with E-state index in [1.165, 1.54) is 64.3 Å². The minimum Gasteiger partial charge on any atom is -0.303 e. The number of aldehydes is 1. The monoisotopic (exact) mass is 277 g/mol. The predicted octanol–water partition coefficient (Wildman–Crippen LogP) is 3.89. The van der Waals surface area contributed by atoms with Crippen LogP contribution >= 0.6 is 0 Å². The van der Waals surface area contributed by atoms with Gasteiger partial charge in [-0.15, -0.1) is 0 Å². The molecule has 1 saturated heterocycles. The summed E-state index contributed by atoms with van der Waals surface area (Å²) in [6, 6.07) is 0. The van der Waals surface area contributed by atoms with Gasteiger partial charge in [0.15, 0.2) is 0 Å². The zero-order chi connectivity index (χ0) is 14.0. The lowest BCUT2D eigenvalue weighted by Gasteiger charge is -2.45. The van der Waals surface area contributed by atoms with Crippen LogP contribution in [0.5, 0.6) is 0 Å². The predicted molar refractivity (Wildman–Crippen MR) is 82.6 cm³/mol. The summed E-state index contributed by atoms with van der Waals surface area (Å²) in [5, 5.41) is 0. The Bertz CT molecular complexity index is 332. The van der Waals surface area contributed by atoms with E-state index < -0.39 is 0 Å². The zero-order valence-corrected chi connectivity index (χ0v) is 13.2. The SMILES string of the molecule is CC1CCC(C=O)(CN2CCC3CCCCC3C2)CC1. The molecule has 2 unspecified atom stereocenters. The lowest BCUT2D eigenvalue weighted by molar-refractivity contribution is -0.120. The second kappa shape index (κ2) is 6.17. The van der Waals surface area contributed by atoms with Gasteiger partial charge < -0.3 is 9.69 Å². The van der Waals surface area contributed by atoms with Crippen molar-refractivity contribution >= 4 is 6.29 Å². The lowest BCUT2D eigenvalue weighted by atomic mass is 9.70. The average molecular weight is 277 g/mol. The molecule has 1 aliphatic heterocycles. The molecule has 3 aliphatic rings. The van der Waals surface area contributed by atoms with Crippen LogP contribution in [-0.4, -0.2) is 30.8 Å². The second-order valence-electron chi connectivity index (χ2n) is 7.99. The third-order valence-electron chi connectivity index (χ3n) is 6.43. The maximum Gasteiger partial charge on any atom is 0.127 e. The highest BCUT2D eigenvalue weighted by Gasteiger charge is 2.38. The molecule has 2 atom stereocenters. The molecule has 3 fully saturated rings. The van der Waals surface area contributed by atoms with E-state index in [1.54, 1.807) is 0 Å². The summed E-state index contributed by atoms with van der Waals surface area (Å²) in [6.07, 6.45) is 13.2. The van der Waals surface area contributed by atoms with Crippen molar-refractivity contribution in [3.8, 4) is 0 Å². The van der Waals surface area contributed by atoms with Crippen LogP contribution < -0.4 is 0 Å². The van der Waals surface area contributed by atoms with Crippen LogP contribution in [0.4, 0.5) is 0 Å². The zero-order valence-electron chi connectivity index (χ0n) is 13.2. The Balaban J connectivity index is 1.58. The maximum atomic E-state index is 11.7. The molecule has 2 aliphatic carbocycles. The second-order valence-corrected chi connectivity index (χ2v) is 7.99. The molecule has 114 valence electrons. The van der Waals surface area contributed by atoms with Gasteiger partial charge in [-0.2, -0.15) is 0 Å². The summed E-state index contributed by atoms with van der Waals surface area (Å²) in [6.45, 7) is 5.90. The summed E-state index contributed by atoms with van der Waals surface area (Å²) in [4.78, 5) is 14.4. The number of fused-ring (bicyclic) bond motifs is 1. The minimum atomic E-state index is -0.00594. The molecule has 2 nitrogen and oxygen atoms in total. The fourth-order valence-corrected chi connectivity index (χ4v) is 4.92. The Kier molecular flexibility index (Phi) is 4.49. The summed E-state index contributed by atoms with van der Waals surface area (Å²) in [5.41, 5.74) is -0.00594. The summed E-state index contributed by atoms with van der Waals surface area (Å²) in [5.74, 6) is 2.76. The lowest BCUT2D eigenvalue weighted by Crippen LogP contribution is -2.48. The maximum absolute atomic E-state index is 11.7. The first kappa shape index (κ1) is 14.6. The molecule has 0 aromatic rings. The summed E-state index contributed by atoms with van der Waals surface area (Å²) in [7, 11) is 0. The number of likely N-dealkylation sites (tertiary alicyclic amines) is 1. The van der Waals surface area contributed by atoms with Gasteiger partial charge in [-0.1, -0.05) is 26.2 Å². The van der Waals surface area contributed by atoms with Gasteiger partial charge in [0.1, 0.15) is 6.29 Å². The van der Waals surface area contributed by atoms with E-state index in [2.05, 4.69) is 11.8 Å². The molecule has 20 heavy (non-hydrogen) atoms. The fourth-order valence-electron chi connectivity index (χ4n) is 4.92. The van der Waals surface area contributed by atoms with Gasteiger partial charge in [0.2, 0.25) is 0 Å². The smallest absolute Gasteiger partial charge is 0.127 e. The van der Waals surface area contributed by atoms with Crippen molar-refractivity contribution in [1.82, 2.24) is 4.90 Å². The molecule has 0 bridgehead atoms. The Hall–Kier alpha value is -0.370. The normalized spacial score (nSPS) is 43.0. The van der Waals surface area contributed by atoms with Crippen LogP contribution in [0, 0.1) is 23.2 Å². The molecular weight excluding hydrogens is 246 g/mol. The van der Waals surface area contributed by atoms with Gasteiger partial charge in [0, 0.05) is 18.5 Å². The number of rotatable bonds is 3. The number of hydrogen-bond acceptors (Lipinski definition) is 2. The number of carbonyl (C=O) groups is 1. The average Bonchev–Trinajstić information content (AvgIpc) is 2.50. The van der Waals surface area contributed by atoms with Gasteiger partial charge in [-0.3, -0.25) is 0 Å². The summed E-state index contributed by atoms with van der Waals surface area (Å²) >= 11 is 0. The first-order valence-electron chi connectivity index (χ1n) is 8.89. The molecule has 0 spiro atoms. The Morgan fingerprint density at radius 2 is 1.75 bits per heavy atom. The van der Waals surface area contributed by atoms with Gasteiger partial charge in [0.25, 0.3) is 0 Å². The molecule has 0 aromatic carbocycles. The Morgan fingerprint density at radius 3 is 2.45 bits per heavy atom. The Labute approximate surface area is 124 Å². The van der Waals surface area contributed by atoms with Gasteiger partial charge in [-0.05, 0) is 62.8 Å². The Morgan fingerprint density at radius 1 is 1.05 bits per heavy atom. The van der Waals surface area contributed by atoms with Crippen molar-refractivity contribution in [2.75, 3.05) is 19.6 Å². The molecule has 0 radical (unpaired) electrons. The third kappa shape index (κ3) is 3.10. The van der Waals surface area contributed by atoms with Crippen LogP contribution in [-0.2, 0) is 4.79 Å². The van der Waals surface area contributed by atoms with Crippen molar-refractivity contribution in [3.63, 3.8) is 0 Å². The molecule has 3 rings (SSSR count). The van der Waals surface area contributed by atoms with E-state index in [-0.39, 0.29) is 5.41 Å². The first-order chi connectivity index (χ1) is 9.71. The van der Waals surface area contributed by atoms with E-state index in [9.17, 15) is 4.79 Å². The van der Waals surface area contributed by atoms with Crippen molar-refractivity contribution in [2.45, 2.75) is 64.7 Å². The largest absolute Gasteiger partial charge is 0.303 e. The quantitative estimate of drug-likeness (QED) is 0.729. The fraction of sp³-hybridized carbons (Fsp3) is 0.944. The third-order valence-corrected chi connectivity index (χ3v) is 6.43. The van der Waals surface area contributed by atoms with Crippen LogP contribution in [0.25, 0.3) is 0 Å². The number of carbonyl (C=O) groups excluding carboxylic acids is 1. The topological polar surface area (TPSA) is 20.3 Å².